The number of carbonyl (C=O) groups is 1. The summed E-state index contributed by atoms with van der Waals surface area (Å²) in [4.78, 5) is 15.8. The Bertz CT molecular complexity index is 416. The van der Waals surface area contributed by atoms with Crippen molar-refractivity contribution < 1.29 is 9.90 Å². The van der Waals surface area contributed by atoms with Crippen LogP contribution in [0.4, 0.5) is 0 Å². The molecule has 5 heteroatoms. The van der Waals surface area contributed by atoms with Crippen molar-refractivity contribution in [2.45, 2.75) is 25.8 Å². The van der Waals surface area contributed by atoms with Crippen LogP contribution in [0.2, 0.25) is 0 Å². The van der Waals surface area contributed by atoms with Gasteiger partial charge in [-0.25, -0.2) is 0 Å². The van der Waals surface area contributed by atoms with E-state index in [4.69, 9.17) is 0 Å². The number of nitrogens with zero attached hydrogens (tertiary/aromatic N) is 1. The van der Waals surface area contributed by atoms with Crippen molar-refractivity contribution in [1.29, 1.82) is 0 Å². The zero-order valence-electron chi connectivity index (χ0n) is 10.5. The first-order valence-corrected chi connectivity index (χ1v) is 6.33. The van der Waals surface area contributed by atoms with E-state index in [2.05, 4.69) is 15.6 Å². The van der Waals surface area contributed by atoms with E-state index in [-0.39, 0.29) is 23.3 Å². The average Bonchev–Trinajstić information content (AvgIpc) is 2.40. The van der Waals surface area contributed by atoms with E-state index in [9.17, 15) is 9.90 Å². The average molecular weight is 249 g/mol. The molecular formula is C13H19N3O2. The fourth-order valence-corrected chi connectivity index (χ4v) is 2.29. The molecule has 0 aliphatic carbocycles. The minimum absolute atomic E-state index is 0.0797. The van der Waals surface area contributed by atoms with Gasteiger partial charge in [-0.1, -0.05) is 0 Å². The van der Waals surface area contributed by atoms with E-state index in [1.807, 2.05) is 6.92 Å². The quantitative estimate of drug-likeness (QED) is 0.744. The maximum Gasteiger partial charge on any atom is 0.255 e. The molecule has 0 bridgehead atoms. The Balaban J connectivity index is 1.96. The summed E-state index contributed by atoms with van der Waals surface area (Å²) in [5.74, 6) is 0.128. The minimum Gasteiger partial charge on any atom is -0.505 e. The molecule has 1 amide bonds. The highest BCUT2D eigenvalue weighted by atomic mass is 16.3. The molecule has 5 nitrogen and oxygen atoms in total. The smallest absolute Gasteiger partial charge is 0.255 e. The molecule has 2 heterocycles. The lowest BCUT2D eigenvalue weighted by Gasteiger charge is -2.29. The van der Waals surface area contributed by atoms with Gasteiger partial charge in [0.15, 0.2) is 0 Å². The molecule has 18 heavy (non-hydrogen) atoms. The molecular weight excluding hydrogens is 230 g/mol. The van der Waals surface area contributed by atoms with Crippen molar-refractivity contribution in [3.05, 3.63) is 24.0 Å². The first-order valence-electron chi connectivity index (χ1n) is 6.33. The van der Waals surface area contributed by atoms with Crippen LogP contribution in [0.15, 0.2) is 18.5 Å². The second kappa shape index (κ2) is 5.82. The maximum atomic E-state index is 12.0. The number of aromatic hydroxyl groups is 1. The third-order valence-corrected chi connectivity index (χ3v) is 3.45. The summed E-state index contributed by atoms with van der Waals surface area (Å²) < 4.78 is 0. The summed E-state index contributed by atoms with van der Waals surface area (Å²) in [6, 6.07) is 1.62. The van der Waals surface area contributed by atoms with Crippen molar-refractivity contribution in [1.82, 2.24) is 15.6 Å². The number of aromatic nitrogens is 1. The second-order valence-corrected chi connectivity index (χ2v) is 4.76. The Morgan fingerprint density at radius 1 is 1.67 bits per heavy atom. The third-order valence-electron chi connectivity index (χ3n) is 3.45. The number of pyridine rings is 1. The van der Waals surface area contributed by atoms with Crippen LogP contribution in [0.25, 0.3) is 0 Å². The Hall–Kier alpha value is -1.62. The van der Waals surface area contributed by atoms with Crippen molar-refractivity contribution in [3.8, 4) is 5.75 Å². The predicted molar refractivity (Wildman–Crippen MR) is 68.4 cm³/mol. The molecule has 2 atom stereocenters. The molecule has 0 saturated carbocycles. The predicted octanol–water partition coefficient (Wildman–Crippen LogP) is 0.905. The Morgan fingerprint density at radius 2 is 2.50 bits per heavy atom. The lowest BCUT2D eigenvalue weighted by Crippen LogP contribution is -2.44. The van der Waals surface area contributed by atoms with Gasteiger partial charge in [0, 0.05) is 12.2 Å². The van der Waals surface area contributed by atoms with Gasteiger partial charge < -0.3 is 15.7 Å². The summed E-state index contributed by atoms with van der Waals surface area (Å²) in [5.41, 5.74) is 0.278. The van der Waals surface area contributed by atoms with Crippen LogP contribution in [0, 0.1) is 5.92 Å². The highest BCUT2D eigenvalue weighted by molar-refractivity contribution is 5.96. The van der Waals surface area contributed by atoms with Gasteiger partial charge in [0.25, 0.3) is 5.91 Å². The molecule has 1 aromatic heterocycles. The van der Waals surface area contributed by atoms with Crippen LogP contribution in [0.3, 0.4) is 0 Å². The lowest BCUT2D eigenvalue weighted by molar-refractivity contribution is 0.0919. The number of piperidine rings is 1. The molecule has 1 fully saturated rings. The summed E-state index contributed by atoms with van der Waals surface area (Å²) in [6.45, 7) is 4.00. The van der Waals surface area contributed by atoms with Crippen LogP contribution in [-0.2, 0) is 0 Å². The van der Waals surface area contributed by atoms with Crippen LogP contribution in [0.1, 0.15) is 30.1 Å². The van der Waals surface area contributed by atoms with E-state index < -0.39 is 0 Å². The summed E-state index contributed by atoms with van der Waals surface area (Å²) in [6.07, 6.45) is 5.05. The van der Waals surface area contributed by atoms with Crippen molar-refractivity contribution in [2.75, 3.05) is 13.1 Å². The second-order valence-electron chi connectivity index (χ2n) is 4.76. The van der Waals surface area contributed by atoms with Gasteiger partial charge >= 0.3 is 0 Å². The van der Waals surface area contributed by atoms with E-state index in [1.54, 1.807) is 0 Å². The number of rotatable bonds is 3. The van der Waals surface area contributed by atoms with Crippen LogP contribution in [0.5, 0.6) is 5.75 Å². The zero-order valence-corrected chi connectivity index (χ0v) is 10.5. The largest absolute Gasteiger partial charge is 0.505 e. The normalized spacial score (nSPS) is 21.3. The van der Waals surface area contributed by atoms with Gasteiger partial charge in [0.05, 0.1) is 11.8 Å². The van der Waals surface area contributed by atoms with Gasteiger partial charge in [-0.3, -0.25) is 9.78 Å². The Labute approximate surface area is 107 Å². The molecule has 1 aromatic rings. The summed E-state index contributed by atoms with van der Waals surface area (Å²) in [5, 5.41) is 15.8. The molecule has 1 saturated heterocycles. The first-order chi connectivity index (χ1) is 8.68. The number of carbonyl (C=O) groups excluding carboxylic acids is 1. The highest BCUT2D eigenvalue weighted by Crippen LogP contribution is 2.17. The molecule has 2 rings (SSSR count). The maximum absolute atomic E-state index is 12.0. The minimum atomic E-state index is -0.243. The van der Waals surface area contributed by atoms with E-state index in [0.29, 0.717) is 5.92 Å². The Kier molecular flexibility index (Phi) is 4.15. The monoisotopic (exact) mass is 249 g/mol. The fraction of sp³-hybridized carbons (Fsp3) is 0.538. The third kappa shape index (κ3) is 2.98. The SMILES string of the molecule is CC(NC(=O)c1ccncc1O)C1CCCNC1. The lowest BCUT2D eigenvalue weighted by atomic mass is 9.92. The van der Waals surface area contributed by atoms with Crippen molar-refractivity contribution >= 4 is 5.91 Å². The summed E-state index contributed by atoms with van der Waals surface area (Å²) in [7, 11) is 0. The number of nitrogens with one attached hydrogen (secondary N) is 2. The van der Waals surface area contributed by atoms with Crippen molar-refractivity contribution in [3.63, 3.8) is 0 Å². The van der Waals surface area contributed by atoms with Gasteiger partial charge in [-0.15, -0.1) is 0 Å². The van der Waals surface area contributed by atoms with E-state index >= 15 is 0 Å². The van der Waals surface area contributed by atoms with E-state index in [1.165, 1.54) is 18.5 Å². The van der Waals surface area contributed by atoms with E-state index in [0.717, 1.165) is 25.9 Å². The van der Waals surface area contributed by atoms with Gasteiger partial charge in [-0.2, -0.15) is 0 Å². The molecule has 1 aliphatic heterocycles. The molecule has 2 unspecified atom stereocenters. The van der Waals surface area contributed by atoms with Crippen molar-refractivity contribution in [2.24, 2.45) is 5.92 Å². The van der Waals surface area contributed by atoms with Gasteiger partial charge in [0.2, 0.25) is 0 Å². The molecule has 1 aliphatic rings. The van der Waals surface area contributed by atoms with Crippen LogP contribution < -0.4 is 10.6 Å². The first kappa shape index (κ1) is 12.8. The fourth-order valence-electron chi connectivity index (χ4n) is 2.29. The molecule has 98 valence electrons. The number of hydrogen-bond donors (Lipinski definition) is 3. The standard InChI is InChI=1S/C13H19N3O2/c1-9(10-3-2-5-14-7-10)16-13(18)11-4-6-15-8-12(11)17/h4,6,8-10,14,17H,2-3,5,7H2,1H3,(H,16,18). The number of amides is 1. The zero-order chi connectivity index (χ0) is 13.0. The van der Waals surface area contributed by atoms with Gasteiger partial charge in [0.1, 0.15) is 5.75 Å². The molecule has 0 aromatic carbocycles. The molecule has 0 radical (unpaired) electrons. The number of hydrogen-bond acceptors (Lipinski definition) is 4. The van der Waals surface area contributed by atoms with Crippen LogP contribution in [-0.4, -0.2) is 35.1 Å². The Morgan fingerprint density at radius 3 is 3.17 bits per heavy atom. The topological polar surface area (TPSA) is 74.2 Å². The highest BCUT2D eigenvalue weighted by Gasteiger charge is 2.22. The molecule has 3 N–H and O–H groups in total. The van der Waals surface area contributed by atoms with Crippen LogP contribution >= 0.6 is 0 Å². The molecule has 0 spiro atoms. The van der Waals surface area contributed by atoms with Gasteiger partial charge in [-0.05, 0) is 44.8 Å². The summed E-state index contributed by atoms with van der Waals surface area (Å²) >= 11 is 0.